The quantitative estimate of drug-likeness (QED) is 0.803. The van der Waals surface area contributed by atoms with E-state index in [4.69, 9.17) is 5.11 Å². The Kier molecular flexibility index (Phi) is 3.66. The lowest BCUT2D eigenvalue weighted by Crippen LogP contribution is -2.24. The Bertz CT molecular complexity index is 572. The third-order valence-corrected chi connectivity index (χ3v) is 5.43. The Morgan fingerprint density at radius 1 is 1.53 bits per heavy atom. The van der Waals surface area contributed by atoms with Gasteiger partial charge in [0, 0.05) is 18.9 Å². The number of nitrogens with zero attached hydrogens (tertiary/aromatic N) is 2. The summed E-state index contributed by atoms with van der Waals surface area (Å²) in [5, 5.41) is 8.80. The zero-order chi connectivity index (χ0) is 14.1. The van der Waals surface area contributed by atoms with Crippen LogP contribution in [0, 0.1) is 12.3 Å². The number of hydrogen-bond donors (Lipinski definition) is 1. The van der Waals surface area contributed by atoms with Crippen molar-refractivity contribution in [3.63, 3.8) is 0 Å². The van der Waals surface area contributed by atoms with Crippen molar-refractivity contribution in [2.24, 2.45) is 5.41 Å². The highest BCUT2D eigenvalue weighted by Gasteiger charge is 2.47. The minimum absolute atomic E-state index is 0.0138. The van der Waals surface area contributed by atoms with E-state index in [-0.39, 0.29) is 17.9 Å². The van der Waals surface area contributed by atoms with Crippen molar-refractivity contribution in [3.05, 3.63) is 18.2 Å². The number of sulfone groups is 1. The van der Waals surface area contributed by atoms with Gasteiger partial charge in [0.2, 0.25) is 0 Å². The van der Waals surface area contributed by atoms with Crippen molar-refractivity contribution >= 4 is 15.8 Å². The van der Waals surface area contributed by atoms with Crippen LogP contribution in [0.1, 0.15) is 25.1 Å². The van der Waals surface area contributed by atoms with Gasteiger partial charge in [-0.05, 0) is 25.2 Å². The van der Waals surface area contributed by atoms with Crippen molar-refractivity contribution in [1.29, 1.82) is 0 Å². The standard InChI is InChI=1S/C12H18N2O4S/c1-10-13-4-5-14(10)6-7-19(17,18)9-12(2-3-12)8-11(15)16/h4-5H,2-3,6-9H2,1H3,(H,15,16). The number of carboxylic acids is 1. The molecule has 7 heteroatoms. The van der Waals surface area contributed by atoms with Crippen molar-refractivity contribution in [3.8, 4) is 0 Å². The Morgan fingerprint density at radius 2 is 2.21 bits per heavy atom. The minimum atomic E-state index is -3.23. The number of hydrogen-bond acceptors (Lipinski definition) is 4. The molecule has 106 valence electrons. The zero-order valence-corrected chi connectivity index (χ0v) is 11.7. The molecule has 0 amide bonds. The van der Waals surface area contributed by atoms with E-state index in [2.05, 4.69) is 4.98 Å². The molecule has 1 fully saturated rings. The van der Waals surface area contributed by atoms with Gasteiger partial charge in [-0.3, -0.25) is 4.79 Å². The van der Waals surface area contributed by atoms with Crippen LogP contribution in [0.25, 0.3) is 0 Å². The van der Waals surface area contributed by atoms with Gasteiger partial charge in [0.1, 0.15) is 5.82 Å². The van der Waals surface area contributed by atoms with Crippen LogP contribution in [0.2, 0.25) is 0 Å². The van der Waals surface area contributed by atoms with Gasteiger partial charge in [-0.2, -0.15) is 0 Å². The smallest absolute Gasteiger partial charge is 0.303 e. The number of carboxylic acid groups (broad SMARTS) is 1. The van der Waals surface area contributed by atoms with Gasteiger partial charge in [0.05, 0.1) is 17.9 Å². The van der Waals surface area contributed by atoms with E-state index < -0.39 is 21.2 Å². The van der Waals surface area contributed by atoms with E-state index in [0.29, 0.717) is 19.4 Å². The maximum absolute atomic E-state index is 12.0. The average Bonchev–Trinajstić information content (AvgIpc) is 2.86. The van der Waals surface area contributed by atoms with Crippen molar-refractivity contribution in [1.82, 2.24) is 9.55 Å². The summed E-state index contributed by atoms with van der Waals surface area (Å²) in [5.74, 6) is -0.119. The van der Waals surface area contributed by atoms with Gasteiger partial charge < -0.3 is 9.67 Å². The number of aromatic nitrogens is 2. The lowest BCUT2D eigenvalue weighted by molar-refractivity contribution is -0.138. The third kappa shape index (κ3) is 3.79. The van der Waals surface area contributed by atoms with Crippen LogP contribution in [0.4, 0.5) is 0 Å². The van der Waals surface area contributed by atoms with Crippen LogP contribution in [-0.2, 0) is 21.2 Å². The molecule has 0 bridgehead atoms. The highest BCUT2D eigenvalue weighted by atomic mass is 32.2. The SMILES string of the molecule is Cc1nccn1CCS(=O)(=O)CC1(CC(=O)O)CC1. The molecule has 0 atom stereocenters. The number of rotatable bonds is 7. The Balaban J connectivity index is 1.92. The predicted octanol–water partition coefficient (Wildman–Crippen LogP) is 0.861. The zero-order valence-electron chi connectivity index (χ0n) is 10.9. The molecule has 1 aromatic heterocycles. The first-order valence-electron chi connectivity index (χ1n) is 6.22. The normalized spacial score (nSPS) is 17.3. The van der Waals surface area contributed by atoms with E-state index in [9.17, 15) is 13.2 Å². The van der Waals surface area contributed by atoms with Crippen molar-refractivity contribution < 1.29 is 18.3 Å². The Labute approximate surface area is 112 Å². The highest BCUT2D eigenvalue weighted by Crippen LogP contribution is 2.49. The first kappa shape index (κ1) is 14.0. The summed E-state index contributed by atoms with van der Waals surface area (Å²) in [5.41, 5.74) is -0.505. The number of carbonyl (C=O) groups is 1. The van der Waals surface area contributed by atoms with Crippen LogP contribution in [0.5, 0.6) is 0 Å². The second-order valence-electron chi connectivity index (χ2n) is 5.33. The molecular weight excluding hydrogens is 268 g/mol. The molecule has 1 N–H and O–H groups in total. The van der Waals surface area contributed by atoms with Crippen LogP contribution in [0.15, 0.2) is 12.4 Å². The topological polar surface area (TPSA) is 89.3 Å². The highest BCUT2D eigenvalue weighted by molar-refractivity contribution is 7.91. The summed E-state index contributed by atoms with van der Waals surface area (Å²) < 4.78 is 25.9. The summed E-state index contributed by atoms with van der Waals surface area (Å²) in [6.07, 6.45) is 4.73. The van der Waals surface area contributed by atoms with Crippen LogP contribution in [-0.4, -0.2) is 40.6 Å². The summed E-state index contributed by atoms with van der Waals surface area (Å²) in [6, 6.07) is 0. The molecule has 1 aromatic rings. The van der Waals surface area contributed by atoms with Crippen molar-refractivity contribution in [2.45, 2.75) is 32.7 Å². The Morgan fingerprint density at radius 3 is 2.68 bits per heavy atom. The maximum atomic E-state index is 12.0. The summed E-state index contributed by atoms with van der Waals surface area (Å²) in [4.78, 5) is 14.8. The van der Waals surface area contributed by atoms with Gasteiger partial charge >= 0.3 is 5.97 Å². The second-order valence-corrected chi connectivity index (χ2v) is 7.51. The molecule has 1 heterocycles. The van der Waals surface area contributed by atoms with E-state index in [0.717, 1.165) is 5.82 Å². The van der Waals surface area contributed by atoms with Gasteiger partial charge in [0.15, 0.2) is 9.84 Å². The molecule has 1 aliphatic rings. The lowest BCUT2D eigenvalue weighted by atomic mass is 10.1. The fraction of sp³-hybridized carbons (Fsp3) is 0.667. The molecule has 0 spiro atoms. The van der Waals surface area contributed by atoms with E-state index in [1.807, 2.05) is 6.92 Å². The van der Waals surface area contributed by atoms with Crippen molar-refractivity contribution in [2.75, 3.05) is 11.5 Å². The minimum Gasteiger partial charge on any atom is -0.481 e. The Hall–Kier alpha value is -1.37. The molecule has 6 nitrogen and oxygen atoms in total. The maximum Gasteiger partial charge on any atom is 0.303 e. The molecule has 0 unspecified atom stereocenters. The third-order valence-electron chi connectivity index (χ3n) is 3.58. The molecule has 1 aliphatic carbocycles. The second kappa shape index (κ2) is 4.96. The summed E-state index contributed by atoms with van der Waals surface area (Å²) in [7, 11) is -3.23. The molecule has 1 saturated carbocycles. The van der Waals surface area contributed by atoms with Gasteiger partial charge in [-0.25, -0.2) is 13.4 Å². The fourth-order valence-electron chi connectivity index (χ4n) is 2.29. The molecule has 19 heavy (non-hydrogen) atoms. The average molecular weight is 286 g/mol. The number of aryl methyl sites for hydroxylation is 2. The largest absolute Gasteiger partial charge is 0.481 e. The molecule has 0 saturated heterocycles. The summed E-state index contributed by atoms with van der Waals surface area (Å²) in [6.45, 7) is 2.19. The summed E-state index contributed by atoms with van der Waals surface area (Å²) >= 11 is 0. The monoisotopic (exact) mass is 286 g/mol. The van der Waals surface area contributed by atoms with Crippen LogP contribution < -0.4 is 0 Å². The lowest BCUT2D eigenvalue weighted by Gasteiger charge is -2.13. The number of aliphatic carboxylic acids is 1. The molecule has 0 aliphatic heterocycles. The first-order valence-corrected chi connectivity index (χ1v) is 8.04. The molecular formula is C12H18N2O4S. The van der Waals surface area contributed by atoms with Crippen LogP contribution in [0.3, 0.4) is 0 Å². The van der Waals surface area contributed by atoms with Gasteiger partial charge in [-0.1, -0.05) is 0 Å². The molecule has 0 radical (unpaired) electrons. The van der Waals surface area contributed by atoms with Gasteiger partial charge in [-0.15, -0.1) is 0 Å². The van der Waals surface area contributed by atoms with E-state index in [1.54, 1.807) is 17.0 Å². The molecule has 0 aromatic carbocycles. The fourth-order valence-corrected chi connectivity index (χ4v) is 4.23. The van der Waals surface area contributed by atoms with E-state index in [1.165, 1.54) is 0 Å². The first-order chi connectivity index (χ1) is 8.82. The number of imidazole rings is 1. The van der Waals surface area contributed by atoms with Gasteiger partial charge in [0.25, 0.3) is 0 Å². The van der Waals surface area contributed by atoms with Crippen LogP contribution >= 0.6 is 0 Å². The predicted molar refractivity (Wildman–Crippen MR) is 69.5 cm³/mol. The molecule has 2 rings (SSSR count). The van der Waals surface area contributed by atoms with E-state index >= 15 is 0 Å².